The number of amides is 2. The SMILES string of the molecule is CC(C)(C)OC(=O)N[C@@H](CC(=O)OCc1ccccc1)C(=O)N1CCn2c(nc(-c3cccc(F)c3)c2Nc2ccc(F)cc2)C1. The van der Waals surface area contributed by atoms with Crippen LogP contribution in [-0.4, -0.2) is 50.6 Å². The van der Waals surface area contributed by atoms with Crippen LogP contribution in [0.15, 0.2) is 78.9 Å². The molecular formula is C34H35F2N5O5. The number of fused-ring (bicyclic) bond motifs is 1. The van der Waals surface area contributed by atoms with E-state index in [1.165, 1.54) is 29.2 Å². The lowest BCUT2D eigenvalue weighted by Gasteiger charge is -2.32. The molecule has 1 aliphatic heterocycles. The number of esters is 1. The van der Waals surface area contributed by atoms with Crippen LogP contribution in [0.5, 0.6) is 0 Å². The molecule has 240 valence electrons. The third-order valence-electron chi connectivity index (χ3n) is 7.09. The first-order valence-electron chi connectivity index (χ1n) is 14.8. The molecule has 0 aliphatic carbocycles. The van der Waals surface area contributed by atoms with E-state index in [2.05, 4.69) is 10.6 Å². The highest BCUT2D eigenvalue weighted by atomic mass is 19.1. The molecule has 0 unspecified atom stereocenters. The molecule has 0 saturated carbocycles. The van der Waals surface area contributed by atoms with E-state index >= 15 is 0 Å². The number of nitrogens with one attached hydrogen (secondary N) is 2. The number of imidazole rings is 1. The number of anilines is 2. The van der Waals surface area contributed by atoms with Gasteiger partial charge in [0.15, 0.2) is 0 Å². The summed E-state index contributed by atoms with van der Waals surface area (Å²) in [5.74, 6) is -0.978. The molecule has 0 fully saturated rings. The predicted molar refractivity (Wildman–Crippen MR) is 167 cm³/mol. The normalized spacial score (nSPS) is 13.4. The van der Waals surface area contributed by atoms with Gasteiger partial charge in [-0.25, -0.2) is 18.6 Å². The molecule has 12 heteroatoms. The molecule has 0 saturated heterocycles. The minimum absolute atomic E-state index is 0.0147. The van der Waals surface area contributed by atoms with E-state index in [9.17, 15) is 23.2 Å². The molecule has 10 nitrogen and oxygen atoms in total. The number of alkyl carbamates (subject to hydrolysis) is 1. The Hall–Kier alpha value is -5.26. The Bertz CT molecular complexity index is 1700. The molecule has 0 bridgehead atoms. The summed E-state index contributed by atoms with van der Waals surface area (Å²) in [6.45, 7) is 5.64. The lowest BCUT2D eigenvalue weighted by molar-refractivity contribution is -0.148. The molecule has 0 radical (unpaired) electrons. The maximum atomic E-state index is 14.2. The topological polar surface area (TPSA) is 115 Å². The summed E-state index contributed by atoms with van der Waals surface area (Å²) in [5, 5.41) is 5.81. The highest BCUT2D eigenvalue weighted by Gasteiger charge is 2.34. The van der Waals surface area contributed by atoms with E-state index in [0.29, 0.717) is 35.1 Å². The molecule has 1 aliphatic rings. The first kappa shape index (κ1) is 32.1. The third-order valence-corrected chi connectivity index (χ3v) is 7.09. The molecule has 1 aromatic heterocycles. The zero-order valence-corrected chi connectivity index (χ0v) is 25.8. The summed E-state index contributed by atoms with van der Waals surface area (Å²) >= 11 is 0. The molecule has 0 spiro atoms. The molecular weight excluding hydrogens is 596 g/mol. The molecule has 3 aromatic carbocycles. The zero-order chi connectivity index (χ0) is 32.8. The smallest absolute Gasteiger partial charge is 0.408 e. The number of halogens is 2. The van der Waals surface area contributed by atoms with Gasteiger partial charge in [0, 0.05) is 24.3 Å². The average Bonchev–Trinajstić information content (AvgIpc) is 3.37. The summed E-state index contributed by atoms with van der Waals surface area (Å²) in [7, 11) is 0. The van der Waals surface area contributed by atoms with Crippen LogP contribution in [0, 0.1) is 11.6 Å². The Balaban J connectivity index is 1.38. The molecule has 2 amide bonds. The lowest BCUT2D eigenvalue weighted by atomic mass is 10.1. The van der Waals surface area contributed by atoms with Gasteiger partial charge in [0.2, 0.25) is 5.91 Å². The fraction of sp³-hybridized carbons (Fsp3) is 0.294. The number of hydrogen-bond donors (Lipinski definition) is 2. The Kier molecular flexibility index (Phi) is 9.64. The van der Waals surface area contributed by atoms with Crippen LogP contribution in [0.4, 0.5) is 25.1 Å². The number of rotatable bonds is 9. The summed E-state index contributed by atoms with van der Waals surface area (Å²) in [5.41, 5.74) is 1.50. The number of carbonyl (C=O) groups is 3. The van der Waals surface area contributed by atoms with Crippen LogP contribution in [0.2, 0.25) is 0 Å². The van der Waals surface area contributed by atoms with Crippen LogP contribution in [0.25, 0.3) is 11.3 Å². The van der Waals surface area contributed by atoms with Gasteiger partial charge in [-0.05, 0) is 62.7 Å². The fourth-order valence-electron chi connectivity index (χ4n) is 4.99. The van der Waals surface area contributed by atoms with E-state index in [4.69, 9.17) is 14.5 Å². The average molecular weight is 632 g/mol. The standard InChI is InChI=1S/C34H35F2N5O5/c1-34(2,3)46-33(44)38-27(19-29(42)45-21-22-8-5-4-6-9-22)32(43)40-16-17-41-28(20-40)39-30(23-10-7-11-25(36)18-23)31(41)37-26-14-12-24(35)13-15-26/h4-15,18,27,37H,16-17,19-21H2,1-3H3,(H,38,44)/t27-/m0/s1. The second-order valence-corrected chi connectivity index (χ2v) is 11.8. The van der Waals surface area contributed by atoms with Crippen molar-refractivity contribution in [3.8, 4) is 11.3 Å². The maximum absolute atomic E-state index is 14.2. The predicted octanol–water partition coefficient (Wildman–Crippen LogP) is 5.94. The van der Waals surface area contributed by atoms with Gasteiger partial charge in [-0.15, -0.1) is 0 Å². The van der Waals surface area contributed by atoms with E-state index in [1.54, 1.807) is 45.0 Å². The van der Waals surface area contributed by atoms with Gasteiger partial charge in [-0.2, -0.15) is 0 Å². The maximum Gasteiger partial charge on any atom is 0.408 e. The van der Waals surface area contributed by atoms with Crippen LogP contribution in [0.1, 0.15) is 38.6 Å². The molecule has 1 atom stereocenters. The lowest BCUT2D eigenvalue weighted by Crippen LogP contribution is -2.52. The van der Waals surface area contributed by atoms with Crippen molar-refractivity contribution < 1.29 is 32.6 Å². The van der Waals surface area contributed by atoms with E-state index in [-0.39, 0.29) is 25.5 Å². The first-order chi connectivity index (χ1) is 21.9. The number of ether oxygens (including phenoxy) is 2. The van der Waals surface area contributed by atoms with Gasteiger partial charge < -0.3 is 29.6 Å². The van der Waals surface area contributed by atoms with Gasteiger partial charge >= 0.3 is 12.1 Å². The summed E-state index contributed by atoms with van der Waals surface area (Å²) in [4.78, 5) is 45.7. The minimum Gasteiger partial charge on any atom is -0.461 e. The third kappa shape index (κ3) is 8.26. The number of aromatic nitrogens is 2. The largest absolute Gasteiger partial charge is 0.461 e. The molecule has 4 aromatic rings. The van der Waals surface area contributed by atoms with Crippen molar-refractivity contribution in [1.29, 1.82) is 0 Å². The van der Waals surface area contributed by atoms with E-state index < -0.39 is 41.9 Å². The van der Waals surface area contributed by atoms with Crippen molar-refractivity contribution in [2.75, 3.05) is 11.9 Å². The Morgan fingerprint density at radius 2 is 1.67 bits per heavy atom. The molecule has 5 rings (SSSR count). The second kappa shape index (κ2) is 13.8. The van der Waals surface area contributed by atoms with Gasteiger partial charge in [-0.3, -0.25) is 9.59 Å². The van der Waals surface area contributed by atoms with Gasteiger partial charge in [0.1, 0.15) is 47.2 Å². The molecule has 2 N–H and O–H groups in total. The van der Waals surface area contributed by atoms with Crippen LogP contribution < -0.4 is 10.6 Å². The van der Waals surface area contributed by atoms with Crippen molar-refractivity contribution >= 4 is 29.5 Å². The van der Waals surface area contributed by atoms with Crippen molar-refractivity contribution in [1.82, 2.24) is 19.8 Å². The van der Waals surface area contributed by atoms with Crippen LogP contribution >= 0.6 is 0 Å². The van der Waals surface area contributed by atoms with E-state index in [1.807, 2.05) is 34.9 Å². The number of nitrogens with zero attached hydrogens (tertiary/aromatic N) is 3. The Morgan fingerprint density at radius 3 is 2.37 bits per heavy atom. The van der Waals surface area contributed by atoms with Crippen LogP contribution in [-0.2, 0) is 38.8 Å². The highest BCUT2D eigenvalue weighted by Crippen LogP contribution is 2.34. The Labute approximate surface area is 265 Å². The number of carbonyl (C=O) groups excluding carboxylic acids is 3. The van der Waals surface area contributed by atoms with Crippen LogP contribution in [0.3, 0.4) is 0 Å². The van der Waals surface area contributed by atoms with Crippen molar-refractivity contribution in [3.05, 3.63) is 102 Å². The van der Waals surface area contributed by atoms with Gasteiger partial charge in [0.05, 0.1) is 13.0 Å². The second-order valence-electron chi connectivity index (χ2n) is 11.8. The monoisotopic (exact) mass is 631 g/mol. The number of benzene rings is 3. The van der Waals surface area contributed by atoms with E-state index in [0.717, 1.165) is 5.56 Å². The van der Waals surface area contributed by atoms with Crippen molar-refractivity contribution in [2.45, 2.75) is 58.5 Å². The van der Waals surface area contributed by atoms with Crippen molar-refractivity contribution in [2.24, 2.45) is 0 Å². The van der Waals surface area contributed by atoms with Crippen molar-refractivity contribution in [3.63, 3.8) is 0 Å². The van der Waals surface area contributed by atoms with Gasteiger partial charge in [0.25, 0.3) is 0 Å². The Morgan fingerprint density at radius 1 is 0.935 bits per heavy atom. The molecule has 2 heterocycles. The quantitative estimate of drug-likeness (QED) is 0.220. The summed E-state index contributed by atoms with van der Waals surface area (Å²) in [6.07, 6.45) is -1.26. The molecule has 46 heavy (non-hydrogen) atoms. The first-order valence-corrected chi connectivity index (χ1v) is 14.8. The fourth-order valence-corrected chi connectivity index (χ4v) is 4.99. The summed E-state index contributed by atoms with van der Waals surface area (Å²) in [6, 6.07) is 19.6. The minimum atomic E-state index is -1.26. The summed E-state index contributed by atoms with van der Waals surface area (Å²) < 4.78 is 40.4. The van der Waals surface area contributed by atoms with Gasteiger partial charge in [-0.1, -0.05) is 42.5 Å². The number of hydrogen-bond acceptors (Lipinski definition) is 7. The zero-order valence-electron chi connectivity index (χ0n) is 25.8. The highest BCUT2D eigenvalue weighted by molar-refractivity contribution is 5.90.